The minimum atomic E-state index is -0.593. The molecule has 0 saturated heterocycles. The molecule has 1 atom stereocenters. The quantitative estimate of drug-likeness (QED) is 0.635. The van der Waals surface area contributed by atoms with Crippen LogP contribution in [0.1, 0.15) is 32.4 Å². The zero-order valence-electron chi connectivity index (χ0n) is 13.1. The lowest BCUT2D eigenvalue weighted by atomic mass is 10.1. The number of alkyl carbamates (subject to hydrolysis) is 1. The van der Waals surface area contributed by atoms with Crippen LogP contribution in [-0.4, -0.2) is 30.3 Å². The van der Waals surface area contributed by atoms with E-state index in [1.54, 1.807) is 20.8 Å². The Morgan fingerprint density at radius 3 is 2.59 bits per heavy atom. The molecule has 1 amide bonds. The molecular formula is C14H21N3O5. The highest BCUT2D eigenvalue weighted by atomic mass is 16.6. The van der Waals surface area contributed by atoms with Gasteiger partial charge in [0.2, 0.25) is 0 Å². The highest BCUT2D eigenvalue weighted by Gasteiger charge is 2.19. The molecule has 1 unspecified atom stereocenters. The molecule has 22 heavy (non-hydrogen) atoms. The molecule has 0 aliphatic heterocycles. The molecular weight excluding hydrogens is 290 g/mol. The van der Waals surface area contributed by atoms with Gasteiger partial charge in [0.15, 0.2) is 5.75 Å². The minimum absolute atomic E-state index is 0.121. The number of rotatable bonds is 5. The number of hydrogen-bond donors (Lipinski definition) is 2. The molecule has 0 spiro atoms. The van der Waals surface area contributed by atoms with Gasteiger partial charge >= 0.3 is 11.8 Å². The third-order valence-electron chi connectivity index (χ3n) is 2.69. The number of benzene rings is 1. The van der Waals surface area contributed by atoms with E-state index in [1.807, 2.05) is 0 Å². The van der Waals surface area contributed by atoms with E-state index in [0.29, 0.717) is 5.56 Å². The van der Waals surface area contributed by atoms with Gasteiger partial charge in [0.1, 0.15) is 5.60 Å². The monoisotopic (exact) mass is 311 g/mol. The minimum Gasteiger partial charge on any atom is -0.490 e. The average Bonchev–Trinajstić information content (AvgIpc) is 2.42. The van der Waals surface area contributed by atoms with Crippen molar-refractivity contribution in [2.45, 2.75) is 32.4 Å². The average molecular weight is 311 g/mol. The van der Waals surface area contributed by atoms with Crippen molar-refractivity contribution in [3.05, 3.63) is 33.9 Å². The fourth-order valence-corrected chi connectivity index (χ4v) is 1.70. The summed E-state index contributed by atoms with van der Waals surface area (Å²) < 4.78 is 10.1. The highest BCUT2D eigenvalue weighted by Crippen LogP contribution is 2.29. The fraction of sp³-hybridized carbons (Fsp3) is 0.500. The van der Waals surface area contributed by atoms with Crippen LogP contribution in [0.15, 0.2) is 18.2 Å². The van der Waals surface area contributed by atoms with Crippen molar-refractivity contribution in [2.75, 3.05) is 13.7 Å². The number of nitro groups is 1. The molecule has 1 rings (SSSR count). The first-order valence-corrected chi connectivity index (χ1v) is 6.69. The molecule has 0 bridgehead atoms. The molecule has 0 aliphatic carbocycles. The van der Waals surface area contributed by atoms with Crippen LogP contribution in [0.25, 0.3) is 0 Å². The number of carbonyl (C=O) groups excluding carboxylic acids is 1. The zero-order valence-corrected chi connectivity index (χ0v) is 13.1. The van der Waals surface area contributed by atoms with Gasteiger partial charge in [-0.15, -0.1) is 0 Å². The standard InChI is InChI=1S/C14H21N3O5/c1-14(2,3)22-13(18)16-8-10(15)9-5-6-11(17(19)20)12(7-9)21-4/h5-7,10H,8,15H2,1-4H3,(H,16,18). The topological polar surface area (TPSA) is 117 Å². The molecule has 122 valence electrons. The molecule has 1 aromatic rings. The molecule has 0 heterocycles. The number of ether oxygens (including phenoxy) is 2. The van der Waals surface area contributed by atoms with Crippen molar-refractivity contribution < 1.29 is 19.2 Å². The predicted octanol–water partition coefficient (Wildman–Crippen LogP) is 2.13. The van der Waals surface area contributed by atoms with Crippen LogP contribution in [0.3, 0.4) is 0 Å². The van der Waals surface area contributed by atoms with Crippen molar-refractivity contribution in [2.24, 2.45) is 5.73 Å². The van der Waals surface area contributed by atoms with E-state index in [-0.39, 0.29) is 18.0 Å². The van der Waals surface area contributed by atoms with E-state index in [9.17, 15) is 14.9 Å². The second kappa shape index (κ2) is 7.08. The zero-order chi connectivity index (χ0) is 16.9. The number of amides is 1. The largest absolute Gasteiger partial charge is 0.490 e. The Hall–Kier alpha value is -2.35. The smallest absolute Gasteiger partial charge is 0.407 e. The molecule has 8 heteroatoms. The van der Waals surface area contributed by atoms with E-state index >= 15 is 0 Å². The van der Waals surface area contributed by atoms with Crippen LogP contribution in [0, 0.1) is 10.1 Å². The van der Waals surface area contributed by atoms with Gasteiger partial charge in [-0.2, -0.15) is 0 Å². The Morgan fingerprint density at radius 2 is 2.09 bits per heavy atom. The van der Waals surface area contributed by atoms with Crippen LogP contribution in [-0.2, 0) is 4.74 Å². The van der Waals surface area contributed by atoms with Crippen molar-refractivity contribution in [3.8, 4) is 5.75 Å². The lowest BCUT2D eigenvalue weighted by Crippen LogP contribution is -2.36. The molecule has 8 nitrogen and oxygen atoms in total. The third kappa shape index (κ3) is 5.21. The van der Waals surface area contributed by atoms with Crippen molar-refractivity contribution >= 4 is 11.8 Å². The van der Waals surface area contributed by atoms with Gasteiger partial charge < -0.3 is 20.5 Å². The van der Waals surface area contributed by atoms with Crippen molar-refractivity contribution in [1.82, 2.24) is 5.32 Å². The number of methoxy groups -OCH3 is 1. The van der Waals surface area contributed by atoms with Gasteiger partial charge in [-0.1, -0.05) is 6.07 Å². The Kier molecular flexibility index (Phi) is 5.69. The number of hydrogen-bond acceptors (Lipinski definition) is 6. The summed E-state index contributed by atoms with van der Waals surface area (Å²) in [5, 5.41) is 13.4. The molecule has 0 aliphatic rings. The van der Waals surface area contributed by atoms with Gasteiger partial charge in [0.05, 0.1) is 12.0 Å². The van der Waals surface area contributed by atoms with E-state index in [2.05, 4.69) is 5.32 Å². The summed E-state index contributed by atoms with van der Waals surface area (Å²) >= 11 is 0. The summed E-state index contributed by atoms with van der Waals surface area (Å²) in [6.07, 6.45) is -0.572. The lowest BCUT2D eigenvalue weighted by Gasteiger charge is -2.21. The second-order valence-electron chi connectivity index (χ2n) is 5.68. The number of nitrogens with zero attached hydrogens (tertiary/aromatic N) is 1. The number of nitro benzene ring substituents is 1. The van der Waals surface area contributed by atoms with Gasteiger partial charge in [-0.25, -0.2) is 4.79 Å². The Balaban J connectivity index is 2.72. The van der Waals surface area contributed by atoms with Gasteiger partial charge in [-0.05, 0) is 32.4 Å². The summed E-state index contributed by atoms with van der Waals surface area (Å²) in [4.78, 5) is 21.9. The maximum atomic E-state index is 11.6. The highest BCUT2D eigenvalue weighted by molar-refractivity contribution is 5.67. The lowest BCUT2D eigenvalue weighted by molar-refractivity contribution is -0.385. The van der Waals surface area contributed by atoms with Gasteiger partial charge in [0, 0.05) is 18.7 Å². The first-order chi connectivity index (χ1) is 10.1. The summed E-state index contributed by atoms with van der Waals surface area (Å²) in [7, 11) is 1.34. The molecule has 0 fully saturated rings. The van der Waals surface area contributed by atoms with E-state index in [0.717, 1.165) is 0 Å². The molecule has 3 N–H and O–H groups in total. The summed E-state index contributed by atoms with van der Waals surface area (Å²) in [6.45, 7) is 5.41. The van der Waals surface area contributed by atoms with Crippen LogP contribution >= 0.6 is 0 Å². The summed E-state index contributed by atoms with van der Waals surface area (Å²) in [6, 6.07) is 3.80. The Labute approximate surface area is 128 Å². The summed E-state index contributed by atoms with van der Waals surface area (Å²) in [5.74, 6) is 0.121. The molecule has 0 radical (unpaired) electrons. The maximum absolute atomic E-state index is 11.6. The fourth-order valence-electron chi connectivity index (χ4n) is 1.70. The van der Waals surface area contributed by atoms with E-state index < -0.39 is 22.7 Å². The normalized spacial score (nSPS) is 12.4. The first kappa shape index (κ1) is 17.7. The Morgan fingerprint density at radius 1 is 1.45 bits per heavy atom. The SMILES string of the molecule is COc1cc(C(N)CNC(=O)OC(C)(C)C)ccc1[N+](=O)[O-]. The van der Waals surface area contributed by atoms with Crippen LogP contribution in [0.2, 0.25) is 0 Å². The molecule has 0 saturated carbocycles. The van der Waals surface area contributed by atoms with Crippen molar-refractivity contribution in [1.29, 1.82) is 0 Å². The first-order valence-electron chi connectivity index (χ1n) is 6.69. The van der Waals surface area contributed by atoms with Crippen LogP contribution in [0.5, 0.6) is 5.75 Å². The summed E-state index contributed by atoms with van der Waals surface area (Å²) in [5.41, 5.74) is 5.84. The van der Waals surface area contributed by atoms with Crippen LogP contribution < -0.4 is 15.8 Å². The Bertz CT molecular complexity index is 554. The number of nitrogens with one attached hydrogen (secondary N) is 1. The van der Waals surface area contributed by atoms with Gasteiger partial charge in [-0.3, -0.25) is 10.1 Å². The maximum Gasteiger partial charge on any atom is 0.407 e. The third-order valence-corrected chi connectivity index (χ3v) is 2.69. The van der Waals surface area contributed by atoms with E-state index in [1.165, 1.54) is 25.3 Å². The van der Waals surface area contributed by atoms with Gasteiger partial charge in [0.25, 0.3) is 0 Å². The number of nitrogens with two attached hydrogens (primary N) is 1. The second-order valence-corrected chi connectivity index (χ2v) is 5.68. The van der Waals surface area contributed by atoms with Crippen molar-refractivity contribution in [3.63, 3.8) is 0 Å². The number of carbonyl (C=O) groups is 1. The predicted molar refractivity (Wildman–Crippen MR) is 80.8 cm³/mol. The van der Waals surface area contributed by atoms with E-state index in [4.69, 9.17) is 15.2 Å². The van der Waals surface area contributed by atoms with Crippen LogP contribution in [0.4, 0.5) is 10.5 Å². The molecule has 0 aromatic heterocycles. The molecule has 1 aromatic carbocycles.